The molecule has 1 saturated carbocycles. The molecule has 2 atom stereocenters. The van der Waals surface area contributed by atoms with E-state index in [1.165, 1.54) is 18.6 Å². The highest BCUT2D eigenvalue weighted by Gasteiger charge is 2.55. The van der Waals surface area contributed by atoms with Crippen molar-refractivity contribution >= 4 is 11.8 Å². The minimum absolute atomic E-state index is 0.0641. The van der Waals surface area contributed by atoms with Crippen molar-refractivity contribution in [2.45, 2.75) is 103 Å². The normalized spacial score (nSPS) is 23.0. The van der Waals surface area contributed by atoms with Crippen LogP contribution in [0.1, 0.15) is 81.7 Å². The Morgan fingerprint density at radius 1 is 1.10 bits per heavy atom. The van der Waals surface area contributed by atoms with Gasteiger partial charge in [0.25, 0.3) is 0 Å². The number of likely N-dealkylation sites (tertiary alicyclic amines) is 1. The van der Waals surface area contributed by atoms with E-state index in [0.29, 0.717) is 39.0 Å². The average molecular weight is 554 g/mol. The number of hydrogen-bond donors (Lipinski definition) is 2. The predicted molar refractivity (Wildman–Crippen MR) is 151 cm³/mol. The number of aryl methyl sites for hydroxylation is 1. The first-order valence-corrected chi connectivity index (χ1v) is 15.1. The van der Waals surface area contributed by atoms with Crippen molar-refractivity contribution in [3.05, 3.63) is 47.0 Å². The van der Waals surface area contributed by atoms with Crippen LogP contribution in [0.3, 0.4) is 0 Å². The molecule has 1 aromatic heterocycles. The lowest BCUT2D eigenvalue weighted by molar-refractivity contribution is -0.166. The van der Waals surface area contributed by atoms with Crippen LogP contribution in [0.5, 0.6) is 0 Å². The summed E-state index contributed by atoms with van der Waals surface area (Å²) in [6.45, 7) is 8.71. The van der Waals surface area contributed by atoms with E-state index in [1.54, 1.807) is 12.1 Å². The molecular weight excluding hydrogens is 509 g/mol. The number of unbranched alkanes of at least 4 members (excludes halogenated alkanes) is 1. The number of halogens is 1. The second-order valence-corrected chi connectivity index (χ2v) is 12.0. The molecule has 2 N–H and O–H groups in total. The fourth-order valence-corrected chi connectivity index (χ4v) is 7.00. The summed E-state index contributed by atoms with van der Waals surface area (Å²) in [4.78, 5) is 31.8. The molecule has 1 aliphatic carbocycles. The highest BCUT2D eigenvalue weighted by molar-refractivity contribution is 6.00. The maximum absolute atomic E-state index is 13.9. The Balaban J connectivity index is 1.30. The van der Waals surface area contributed by atoms with Crippen LogP contribution in [0.25, 0.3) is 5.69 Å². The predicted octanol–water partition coefficient (Wildman–Crippen LogP) is 4.03. The lowest BCUT2D eigenvalue weighted by atomic mass is 9.78. The standard InChI is InChI=1S/C31H44FN5O3/c1-4-5-17-36-29(39)27(28(38)23-9-7-6-8-10-23)33-30(40)31(36)15-18-35(19-16-31)20-26-21(2)34-37(22(26)3)25-13-11-24(32)12-14-25/h11-14,23,27-28,38H,4-10,15-20H2,1-3H3,(H,33,40). The second kappa shape index (κ2) is 12.0. The van der Waals surface area contributed by atoms with Crippen LogP contribution in [0.15, 0.2) is 24.3 Å². The van der Waals surface area contributed by atoms with Gasteiger partial charge in [0.2, 0.25) is 11.8 Å². The van der Waals surface area contributed by atoms with E-state index in [0.717, 1.165) is 61.2 Å². The lowest BCUT2D eigenvalue weighted by Gasteiger charge is -2.52. The van der Waals surface area contributed by atoms with Crippen LogP contribution in [0.2, 0.25) is 0 Å². The smallest absolute Gasteiger partial charge is 0.248 e. The van der Waals surface area contributed by atoms with Gasteiger partial charge in [0, 0.05) is 37.4 Å². The van der Waals surface area contributed by atoms with Gasteiger partial charge in [-0.05, 0) is 76.1 Å². The molecule has 0 radical (unpaired) electrons. The van der Waals surface area contributed by atoms with Gasteiger partial charge in [0.15, 0.2) is 0 Å². The highest BCUT2D eigenvalue weighted by Crippen LogP contribution is 2.37. The fraction of sp³-hybridized carbons (Fsp3) is 0.645. The van der Waals surface area contributed by atoms with Crippen molar-refractivity contribution in [2.75, 3.05) is 19.6 Å². The number of benzene rings is 1. The van der Waals surface area contributed by atoms with E-state index in [1.807, 2.05) is 23.4 Å². The summed E-state index contributed by atoms with van der Waals surface area (Å²) >= 11 is 0. The summed E-state index contributed by atoms with van der Waals surface area (Å²) in [5, 5.41) is 18.9. The molecule has 2 amide bonds. The number of aliphatic hydroxyl groups excluding tert-OH is 1. The Labute approximate surface area is 236 Å². The topological polar surface area (TPSA) is 90.7 Å². The fourth-order valence-electron chi connectivity index (χ4n) is 7.00. The van der Waals surface area contributed by atoms with Gasteiger partial charge in [-0.15, -0.1) is 0 Å². The molecule has 9 heteroatoms. The van der Waals surface area contributed by atoms with Crippen molar-refractivity contribution in [3.63, 3.8) is 0 Å². The second-order valence-electron chi connectivity index (χ2n) is 12.0. The van der Waals surface area contributed by atoms with E-state index in [-0.39, 0.29) is 23.5 Å². The molecule has 2 unspecified atom stereocenters. The molecule has 218 valence electrons. The van der Waals surface area contributed by atoms with Gasteiger partial charge in [-0.3, -0.25) is 14.5 Å². The molecule has 2 aliphatic heterocycles. The number of carbonyl (C=O) groups excluding carboxylic acids is 2. The van der Waals surface area contributed by atoms with E-state index in [2.05, 4.69) is 17.1 Å². The first kappa shape index (κ1) is 28.7. The van der Waals surface area contributed by atoms with Gasteiger partial charge in [0.05, 0.1) is 17.5 Å². The molecule has 3 aliphatic rings. The molecule has 2 aromatic rings. The Kier molecular flexibility index (Phi) is 8.61. The number of aromatic nitrogens is 2. The SMILES string of the molecule is CCCCN1C(=O)C(C(O)C2CCCCC2)NC(=O)C12CCN(Cc1c(C)nn(-c3ccc(F)cc3)c1C)CC2. The number of hydrogen-bond acceptors (Lipinski definition) is 5. The largest absolute Gasteiger partial charge is 0.390 e. The summed E-state index contributed by atoms with van der Waals surface area (Å²) in [5.74, 6) is -0.443. The van der Waals surface area contributed by atoms with Gasteiger partial charge in [0.1, 0.15) is 17.4 Å². The van der Waals surface area contributed by atoms with Crippen molar-refractivity contribution < 1.29 is 19.1 Å². The Bertz CT molecular complexity index is 1200. The van der Waals surface area contributed by atoms with Gasteiger partial charge < -0.3 is 15.3 Å². The van der Waals surface area contributed by atoms with Crippen LogP contribution in [-0.2, 0) is 16.1 Å². The van der Waals surface area contributed by atoms with E-state index in [9.17, 15) is 19.1 Å². The van der Waals surface area contributed by atoms with E-state index < -0.39 is 17.7 Å². The minimum Gasteiger partial charge on any atom is -0.390 e. The number of aliphatic hydroxyl groups is 1. The molecule has 8 nitrogen and oxygen atoms in total. The van der Waals surface area contributed by atoms with Crippen LogP contribution in [0, 0.1) is 25.6 Å². The number of carbonyl (C=O) groups is 2. The van der Waals surface area contributed by atoms with E-state index in [4.69, 9.17) is 5.10 Å². The van der Waals surface area contributed by atoms with E-state index >= 15 is 0 Å². The van der Waals surface area contributed by atoms with Crippen LogP contribution in [-0.4, -0.2) is 73.8 Å². The molecule has 3 heterocycles. The molecular formula is C31H44FN5O3. The molecule has 5 rings (SSSR count). The highest BCUT2D eigenvalue weighted by atomic mass is 19.1. The zero-order chi connectivity index (χ0) is 28.4. The molecule has 2 saturated heterocycles. The Hall–Kier alpha value is -2.78. The average Bonchev–Trinajstić information content (AvgIpc) is 3.25. The van der Waals surface area contributed by atoms with Crippen molar-refractivity contribution in [1.29, 1.82) is 0 Å². The molecule has 1 spiro atoms. The maximum atomic E-state index is 13.9. The van der Waals surface area contributed by atoms with Gasteiger partial charge in [-0.2, -0.15) is 5.10 Å². The number of nitrogens with one attached hydrogen (secondary N) is 1. The van der Waals surface area contributed by atoms with Gasteiger partial charge in [-0.25, -0.2) is 9.07 Å². The monoisotopic (exact) mass is 553 g/mol. The van der Waals surface area contributed by atoms with Crippen molar-refractivity contribution in [1.82, 2.24) is 24.9 Å². The molecule has 0 bridgehead atoms. The molecule has 1 aromatic carbocycles. The van der Waals surface area contributed by atoms with Crippen molar-refractivity contribution in [3.8, 4) is 5.69 Å². The Morgan fingerprint density at radius 3 is 2.42 bits per heavy atom. The Morgan fingerprint density at radius 2 is 1.77 bits per heavy atom. The first-order valence-electron chi connectivity index (χ1n) is 15.1. The number of rotatable bonds is 8. The number of nitrogens with zero attached hydrogens (tertiary/aromatic N) is 4. The number of piperazine rings is 1. The lowest BCUT2D eigenvalue weighted by Crippen LogP contribution is -2.75. The summed E-state index contributed by atoms with van der Waals surface area (Å²) in [7, 11) is 0. The summed E-state index contributed by atoms with van der Waals surface area (Å²) in [6, 6.07) is 5.49. The third-order valence-electron chi connectivity index (χ3n) is 9.54. The van der Waals surface area contributed by atoms with Crippen LogP contribution < -0.4 is 5.32 Å². The van der Waals surface area contributed by atoms with Crippen LogP contribution in [0.4, 0.5) is 4.39 Å². The van der Waals surface area contributed by atoms with Gasteiger partial charge >= 0.3 is 0 Å². The molecule has 40 heavy (non-hydrogen) atoms. The summed E-state index contributed by atoms with van der Waals surface area (Å²) < 4.78 is 15.3. The zero-order valence-electron chi connectivity index (χ0n) is 24.2. The number of amides is 2. The summed E-state index contributed by atoms with van der Waals surface area (Å²) in [5.41, 5.74) is 3.02. The quantitative estimate of drug-likeness (QED) is 0.515. The minimum atomic E-state index is -0.867. The van der Waals surface area contributed by atoms with Crippen molar-refractivity contribution in [2.24, 2.45) is 5.92 Å². The zero-order valence-corrected chi connectivity index (χ0v) is 24.2. The third kappa shape index (κ3) is 5.42. The molecule has 3 fully saturated rings. The van der Waals surface area contributed by atoms with Gasteiger partial charge in [-0.1, -0.05) is 32.6 Å². The first-order chi connectivity index (χ1) is 19.2. The third-order valence-corrected chi connectivity index (χ3v) is 9.54. The summed E-state index contributed by atoms with van der Waals surface area (Å²) in [6.07, 6.45) is 7.17. The number of piperidine rings is 1. The van der Waals surface area contributed by atoms with Crippen LogP contribution >= 0.6 is 0 Å². The maximum Gasteiger partial charge on any atom is 0.248 e.